The summed E-state index contributed by atoms with van der Waals surface area (Å²) in [4.78, 5) is 21.9. The number of anilines is 1. The zero-order valence-corrected chi connectivity index (χ0v) is 13.9. The van der Waals surface area contributed by atoms with Gasteiger partial charge in [0.2, 0.25) is 5.88 Å². The van der Waals surface area contributed by atoms with E-state index in [1.54, 1.807) is 12.4 Å². The zero-order chi connectivity index (χ0) is 16.5. The van der Waals surface area contributed by atoms with E-state index in [1.165, 1.54) is 11.3 Å². The van der Waals surface area contributed by atoms with Crippen LogP contribution in [0.1, 0.15) is 11.5 Å². The summed E-state index contributed by atoms with van der Waals surface area (Å²) in [5.74, 6) is 1.15. The van der Waals surface area contributed by atoms with Gasteiger partial charge in [-0.15, -0.1) is 11.3 Å². The van der Waals surface area contributed by atoms with Gasteiger partial charge >= 0.3 is 0 Å². The smallest absolute Gasteiger partial charge is 0.230 e. The topological polar surface area (TPSA) is 55.3 Å². The lowest BCUT2D eigenvalue weighted by atomic mass is 10.0. The van der Waals surface area contributed by atoms with Crippen molar-refractivity contribution in [2.75, 3.05) is 18.5 Å². The third-order valence-electron chi connectivity index (χ3n) is 4.08. The third kappa shape index (κ3) is 2.65. The molecule has 3 heterocycles. The summed E-state index contributed by atoms with van der Waals surface area (Å²) < 4.78 is 5.88. The van der Waals surface area contributed by atoms with Crippen LogP contribution in [0.25, 0.3) is 10.6 Å². The molecule has 4 rings (SSSR count). The molecular formula is C18H15N3O2S. The van der Waals surface area contributed by atoms with Gasteiger partial charge in [-0.05, 0) is 35.9 Å². The number of nitrogens with zero attached hydrogens (tertiary/aromatic N) is 3. The monoisotopic (exact) mass is 337 g/mol. The minimum Gasteiger partial charge on any atom is -0.438 e. The fourth-order valence-electron chi connectivity index (χ4n) is 2.90. The van der Waals surface area contributed by atoms with Crippen molar-refractivity contribution >= 4 is 23.3 Å². The van der Waals surface area contributed by atoms with Crippen molar-refractivity contribution in [3.05, 3.63) is 53.7 Å². The summed E-state index contributed by atoms with van der Waals surface area (Å²) in [5.41, 5.74) is 3.10. The molecule has 5 nitrogen and oxygen atoms in total. The molecular weight excluding hydrogens is 322 g/mol. The van der Waals surface area contributed by atoms with Crippen molar-refractivity contribution in [2.24, 2.45) is 0 Å². The quantitative estimate of drug-likeness (QED) is 0.679. The van der Waals surface area contributed by atoms with Crippen LogP contribution < -0.4 is 9.64 Å². The van der Waals surface area contributed by atoms with Crippen LogP contribution in [0.5, 0.6) is 11.6 Å². The van der Waals surface area contributed by atoms with E-state index in [1.807, 2.05) is 42.8 Å². The van der Waals surface area contributed by atoms with E-state index in [9.17, 15) is 4.79 Å². The molecule has 1 aromatic carbocycles. The van der Waals surface area contributed by atoms with Gasteiger partial charge in [0.1, 0.15) is 17.0 Å². The summed E-state index contributed by atoms with van der Waals surface area (Å²) in [6, 6.07) is 9.67. The standard InChI is InChI=1S/C18H15N3O2S/c1-21-9-13(10-22)15-8-14(2-3-16(15)21)23-17-11-24-18(20-17)12-4-6-19-7-5-12/h2-8,10-11,13H,9H2,1H3. The second-order valence-corrected chi connectivity index (χ2v) is 6.53. The number of aromatic nitrogens is 2. The molecule has 24 heavy (non-hydrogen) atoms. The fraction of sp³-hybridized carbons (Fsp3) is 0.167. The summed E-state index contributed by atoms with van der Waals surface area (Å²) in [6.45, 7) is 0.713. The maximum atomic E-state index is 11.3. The van der Waals surface area contributed by atoms with Gasteiger partial charge in [0.25, 0.3) is 0 Å². The maximum Gasteiger partial charge on any atom is 0.230 e. The number of rotatable bonds is 4. The van der Waals surface area contributed by atoms with Crippen molar-refractivity contribution in [3.63, 3.8) is 0 Å². The molecule has 0 radical (unpaired) electrons. The fourth-order valence-corrected chi connectivity index (χ4v) is 3.63. The average Bonchev–Trinajstić information content (AvgIpc) is 3.20. The molecule has 1 unspecified atom stereocenters. The first kappa shape index (κ1) is 14.8. The van der Waals surface area contributed by atoms with Gasteiger partial charge < -0.3 is 14.4 Å². The molecule has 0 saturated carbocycles. The zero-order valence-electron chi connectivity index (χ0n) is 13.0. The Labute approximate surface area is 143 Å². The normalized spacial score (nSPS) is 16.0. The highest BCUT2D eigenvalue weighted by atomic mass is 32.1. The first-order valence-corrected chi connectivity index (χ1v) is 8.47. The Morgan fingerprint density at radius 3 is 2.92 bits per heavy atom. The van der Waals surface area contributed by atoms with Crippen LogP contribution in [0.2, 0.25) is 0 Å². The molecule has 0 fully saturated rings. The lowest BCUT2D eigenvalue weighted by Crippen LogP contribution is -2.15. The summed E-state index contributed by atoms with van der Waals surface area (Å²) in [6.07, 6.45) is 4.48. The van der Waals surface area contributed by atoms with Crippen molar-refractivity contribution in [1.82, 2.24) is 9.97 Å². The molecule has 1 atom stereocenters. The molecule has 1 aliphatic heterocycles. The van der Waals surface area contributed by atoms with Crippen LogP contribution in [0.3, 0.4) is 0 Å². The van der Waals surface area contributed by atoms with Crippen molar-refractivity contribution in [1.29, 1.82) is 0 Å². The highest BCUT2D eigenvalue weighted by molar-refractivity contribution is 7.13. The van der Waals surface area contributed by atoms with Gasteiger partial charge in [0, 0.05) is 37.2 Å². The van der Waals surface area contributed by atoms with Gasteiger partial charge in [-0.3, -0.25) is 4.98 Å². The predicted molar refractivity (Wildman–Crippen MR) is 93.9 cm³/mol. The number of aldehydes is 1. The summed E-state index contributed by atoms with van der Waals surface area (Å²) in [7, 11) is 1.99. The Morgan fingerprint density at radius 2 is 2.12 bits per heavy atom. The molecule has 3 aromatic rings. The third-order valence-corrected chi connectivity index (χ3v) is 4.95. The van der Waals surface area contributed by atoms with E-state index in [4.69, 9.17) is 4.74 Å². The Kier molecular flexibility index (Phi) is 3.74. The average molecular weight is 337 g/mol. The number of fused-ring (bicyclic) bond motifs is 1. The molecule has 1 aliphatic rings. The van der Waals surface area contributed by atoms with Crippen LogP contribution in [0, 0.1) is 0 Å². The number of pyridine rings is 1. The Morgan fingerprint density at radius 1 is 1.29 bits per heavy atom. The molecule has 120 valence electrons. The molecule has 0 bridgehead atoms. The molecule has 6 heteroatoms. The van der Waals surface area contributed by atoms with Gasteiger partial charge in [0.15, 0.2) is 0 Å². The van der Waals surface area contributed by atoms with Crippen molar-refractivity contribution in [2.45, 2.75) is 5.92 Å². The highest BCUT2D eigenvalue weighted by Crippen LogP contribution is 2.38. The van der Waals surface area contributed by atoms with Gasteiger partial charge in [-0.1, -0.05) is 0 Å². The van der Waals surface area contributed by atoms with E-state index in [0.29, 0.717) is 18.2 Å². The molecule has 0 N–H and O–H groups in total. The second kappa shape index (κ2) is 6.05. The van der Waals surface area contributed by atoms with E-state index in [2.05, 4.69) is 14.9 Å². The number of benzene rings is 1. The number of carbonyl (C=O) groups excluding carboxylic acids is 1. The second-order valence-electron chi connectivity index (χ2n) is 5.67. The number of hydrogen-bond donors (Lipinski definition) is 0. The lowest BCUT2D eigenvalue weighted by Gasteiger charge is -2.11. The molecule has 0 amide bonds. The van der Waals surface area contributed by atoms with Crippen molar-refractivity contribution in [3.8, 4) is 22.2 Å². The number of likely N-dealkylation sites (N-methyl/N-ethyl adjacent to an activating group) is 1. The van der Waals surface area contributed by atoms with E-state index >= 15 is 0 Å². The Balaban J connectivity index is 1.59. The Hall–Kier alpha value is -2.73. The van der Waals surface area contributed by atoms with Crippen molar-refractivity contribution < 1.29 is 9.53 Å². The SMILES string of the molecule is CN1CC(C=O)c2cc(Oc3csc(-c4ccncc4)n3)ccc21. The van der Waals surface area contributed by atoms with Gasteiger partial charge in [0.05, 0.1) is 11.3 Å². The maximum absolute atomic E-state index is 11.3. The minimum absolute atomic E-state index is 0.101. The molecule has 0 saturated heterocycles. The van der Waals surface area contributed by atoms with E-state index < -0.39 is 0 Å². The highest BCUT2D eigenvalue weighted by Gasteiger charge is 2.26. The number of carbonyl (C=O) groups is 1. The molecule has 2 aromatic heterocycles. The number of thiazole rings is 1. The lowest BCUT2D eigenvalue weighted by molar-refractivity contribution is -0.108. The van der Waals surface area contributed by atoms with Gasteiger partial charge in [-0.2, -0.15) is 0 Å². The van der Waals surface area contributed by atoms with Crippen LogP contribution in [-0.2, 0) is 4.79 Å². The van der Waals surface area contributed by atoms with Crippen LogP contribution in [-0.4, -0.2) is 29.8 Å². The summed E-state index contributed by atoms with van der Waals surface area (Å²) in [5, 5.41) is 2.77. The number of hydrogen-bond acceptors (Lipinski definition) is 6. The number of ether oxygens (including phenoxy) is 1. The van der Waals surface area contributed by atoms with E-state index in [0.717, 1.165) is 28.1 Å². The first-order chi connectivity index (χ1) is 11.7. The van der Waals surface area contributed by atoms with Crippen LogP contribution in [0.15, 0.2) is 48.1 Å². The van der Waals surface area contributed by atoms with Crippen LogP contribution >= 0.6 is 11.3 Å². The largest absolute Gasteiger partial charge is 0.438 e. The molecule has 0 spiro atoms. The minimum atomic E-state index is -0.101. The van der Waals surface area contributed by atoms with Crippen LogP contribution in [0.4, 0.5) is 5.69 Å². The predicted octanol–water partition coefficient (Wildman–Crippen LogP) is 3.73. The van der Waals surface area contributed by atoms with E-state index in [-0.39, 0.29) is 5.92 Å². The Bertz CT molecular complexity index is 879. The first-order valence-electron chi connectivity index (χ1n) is 7.59. The van der Waals surface area contributed by atoms with Gasteiger partial charge in [-0.25, -0.2) is 4.98 Å². The summed E-state index contributed by atoms with van der Waals surface area (Å²) >= 11 is 1.52. The molecule has 0 aliphatic carbocycles.